The van der Waals surface area contributed by atoms with Gasteiger partial charge in [0.15, 0.2) is 11.4 Å². The molecule has 1 amide bonds. The Kier molecular flexibility index (Phi) is 9.22. The Labute approximate surface area is 259 Å². The highest BCUT2D eigenvalue weighted by molar-refractivity contribution is 9.10. The van der Waals surface area contributed by atoms with E-state index in [9.17, 15) is 14.4 Å². The molecule has 1 N–H and O–H groups in total. The average molecular weight is 663 g/mol. The zero-order valence-electron chi connectivity index (χ0n) is 23.6. The number of benzene rings is 3. The summed E-state index contributed by atoms with van der Waals surface area (Å²) in [5.74, 6) is 0.260. The topological polar surface area (TPSA) is 108 Å². The zero-order valence-corrected chi connectivity index (χ0v) is 26.0. The van der Waals surface area contributed by atoms with Crippen LogP contribution in [-0.2, 0) is 14.3 Å². The number of carbonyl (C=O) groups excluding carboxylic acids is 2. The number of allylic oxidation sites excluding steroid dienone is 1. The minimum Gasteiger partial charge on any atom is -0.497 e. The van der Waals surface area contributed by atoms with Crippen LogP contribution >= 0.6 is 27.3 Å². The van der Waals surface area contributed by atoms with E-state index in [0.717, 1.165) is 5.56 Å². The molecule has 9 nitrogen and oxygen atoms in total. The highest BCUT2D eigenvalue weighted by atomic mass is 79.9. The molecule has 1 atom stereocenters. The van der Waals surface area contributed by atoms with Crippen LogP contribution < -0.4 is 29.7 Å². The Morgan fingerprint density at radius 1 is 1.09 bits per heavy atom. The summed E-state index contributed by atoms with van der Waals surface area (Å²) in [6.45, 7) is 3.56. The van der Waals surface area contributed by atoms with Crippen LogP contribution in [0.3, 0.4) is 0 Å². The van der Waals surface area contributed by atoms with Crippen molar-refractivity contribution in [3.05, 3.63) is 119 Å². The number of nitrogens with one attached hydrogen (secondary N) is 1. The van der Waals surface area contributed by atoms with Crippen molar-refractivity contribution in [3.8, 4) is 11.5 Å². The first-order valence-electron chi connectivity index (χ1n) is 13.4. The van der Waals surface area contributed by atoms with Crippen LogP contribution in [0.5, 0.6) is 11.5 Å². The van der Waals surface area contributed by atoms with Gasteiger partial charge >= 0.3 is 5.97 Å². The minimum absolute atomic E-state index is 0.214. The summed E-state index contributed by atoms with van der Waals surface area (Å²) in [5, 5.41) is 2.95. The van der Waals surface area contributed by atoms with Gasteiger partial charge in [0.25, 0.3) is 11.5 Å². The van der Waals surface area contributed by atoms with E-state index in [4.69, 9.17) is 19.2 Å². The predicted octanol–water partition coefficient (Wildman–Crippen LogP) is 4.59. The molecule has 0 unspecified atom stereocenters. The van der Waals surface area contributed by atoms with Crippen molar-refractivity contribution >= 4 is 50.9 Å². The molecule has 0 saturated carbocycles. The van der Waals surface area contributed by atoms with Gasteiger partial charge in [-0.2, -0.15) is 0 Å². The highest BCUT2D eigenvalue weighted by Crippen LogP contribution is 2.32. The number of rotatable bonds is 9. The van der Waals surface area contributed by atoms with E-state index in [1.807, 2.05) is 42.5 Å². The largest absolute Gasteiger partial charge is 0.497 e. The van der Waals surface area contributed by atoms with Crippen molar-refractivity contribution < 1.29 is 23.8 Å². The first-order valence-corrected chi connectivity index (χ1v) is 15.0. The van der Waals surface area contributed by atoms with E-state index in [1.165, 1.54) is 11.3 Å². The van der Waals surface area contributed by atoms with Crippen LogP contribution in [-0.4, -0.2) is 36.8 Å². The first-order chi connectivity index (χ1) is 20.8. The van der Waals surface area contributed by atoms with Gasteiger partial charge in [0.1, 0.15) is 11.5 Å². The summed E-state index contributed by atoms with van der Waals surface area (Å²) in [6, 6.07) is 21.0. The van der Waals surface area contributed by atoms with Crippen LogP contribution in [0, 0.1) is 0 Å². The van der Waals surface area contributed by atoms with Gasteiger partial charge in [0, 0.05) is 5.69 Å². The van der Waals surface area contributed by atoms with Crippen molar-refractivity contribution in [2.75, 3.05) is 25.6 Å². The fraction of sp³-hybridized carbons (Fsp3) is 0.188. The Hall–Kier alpha value is -4.48. The van der Waals surface area contributed by atoms with Crippen LogP contribution in [0.15, 0.2) is 98.3 Å². The van der Waals surface area contributed by atoms with Crippen LogP contribution in [0.25, 0.3) is 6.08 Å². The molecule has 0 spiro atoms. The van der Waals surface area contributed by atoms with E-state index in [0.29, 0.717) is 47.8 Å². The van der Waals surface area contributed by atoms with Crippen LogP contribution in [0.2, 0.25) is 0 Å². The maximum atomic E-state index is 14.0. The van der Waals surface area contributed by atoms with Crippen LogP contribution in [0.1, 0.15) is 31.0 Å². The molecule has 0 fully saturated rings. The van der Waals surface area contributed by atoms with E-state index in [2.05, 4.69) is 21.2 Å². The second-order valence-electron chi connectivity index (χ2n) is 9.46. The molecule has 0 bridgehead atoms. The average Bonchev–Trinajstić information content (AvgIpc) is 3.30. The quantitative estimate of drug-likeness (QED) is 0.263. The molecule has 1 aliphatic heterocycles. The molecule has 0 aliphatic carbocycles. The number of carbonyl (C=O) groups is 2. The molecular formula is C32H28BrN3O6S. The van der Waals surface area contributed by atoms with Crippen molar-refractivity contribution in [1.29, 1.82) is 0 Å². The van der Waals surface area contributed by atoms with Gasteiger partial charge in [0.2, 0.25) is 0 Å². The standard InChI is InChI=1S/C32H28BrN3O6S/c1-4-41-27(37)18-42-25-14-13-20(15-24(25)33)16-26-31(39)36-29(21-9-8-12-23(17-21)40-3)28(19(2)34-32(36)43-26)30(38)35-22-10-6-5-7-11-22/h5-17,29H,4,18H2,1-3H3,(H,35,38)/b26-16-/t29-/m0/s1. The molecule has 43 heavy (non-hydrogen) atoms. The SMILES string of the molecule is CCOC(=O)COc1ccc(/C=c2\sc3n(c2=O)[C@@H](c2cccc(OC)c2)C(C(=O)Nc2ccccc2)=C(C)N=3)cc1Br. The lowest BCUT2D eigenvalue weighted by molar-refractivity contribution is -0.145. The smallest absolute Gasteiger partial charge is 0.344 e. The lowest BCUT2D eigenvalue weighted by atomic mass is 9.95. The molecule has 4 aromatic rings. The summed E-state index contributed by atoms with van der Waals surface area (Å²) in [6.07, 6.45) is 1.76. The number of aromatic nitrogens is 1. The molecule has 0 saturated heterocycles. The molecule has 220 valence electrons. The summed E-state index contributed by atoms with van der Waals surface area (Å²) in [4.78, 5) is 44.5. The van der Waals surface area contributed by atoms with Gasteiger partial charge in [-0.25, -0.2) is 9.79 Å². The normalized spacial score (nSPS) is 14.5. The molecular weight excluding hydrogens is 634 g/mol. The number of esters is 1. The van der Waals surface area contributed by atoms with Gasteiger partial charge < -0.3 is 19.5 Å². The lowest BCUT2D eigenvalue weighted by Gasteiger charge is -2.25. The maximum absolute atomic E-state index is 14.0. The Morgan fingerprint density at radius 3 is 2.60 bits per heavy atom. The fourth-order valence-electron chi connectivity index (χ4n) is 4.67. The number of hydrogen-bond donors (Lipinski definition) is 1. The number of nitrogens with zero attached hydrogens (tertiary/aromatic N) is 2. The van der Waals surface area contributed by atoms with E-state index < -0.39 is 12.0 Å². The maximum Gasteiger partial charge on any atom is 0.344 e. The summed E-state index contributed by atoms with van der Waals surface area (Å²) >= 11 is 4.72. The van der Waals surface area contributed by atoms with Crippen LogP contribution in [0.4, 0.5) is 5.69 Å². The number of hydrogen-bond acceptors (Lipinski definition) is 8. The van der Waals surface area contributed by atoms with Gasteiger partial charge in [-0.1, -0.05) is 47.7 Å². The monoisotopic (exact) mass is 661 g/mol. The first kappa shape index (κ1) is 30.0. The number of para-hydroxylation sites is 1. The predicted molar refractivity (Wildman–Crippen MR) is 168 cm³/mol. The molecule has 5 rings (SSSR count). The third-order valence-corrected chi connectivity index (χ3v) is 8.21. The third kappa shape index (κ3) is 6.63. The number of anilines is 1. The zero-order chi connectivity index (χ0) is 30.5. The van der Waals surface area contributed by atoms with Gasteiger partial charge in [-0.15, -0.1) is 0 Å². The molecule has 0 radical (unpaired) electrons. The molecule has 11 heteroatoms. The molecule has 2 heterocycles. The van der Waals surface area contributed by atoms with E-state index in [-0.39, 0.29) is 24.7 Å². The minimum atomic E-state index is -0.734. The van der Waals surface area contributed by atoms with Crippen molar-refractivity contribution in [3.63, 3.8) is 0 Å². The number of methoxy groups -OCH3 is 1. The Balaban J connectivity index is 1.56. The number of fused-ring (bicyclic) bond motifs is 1. The number of thiazole rings is 1. The number of amides is 1. The third-order valence-electron chi connectivity index (χ3n) is 6.61. The fourth-order valence-corrected chi connectivity index (χ4v) is 6.23. The van der Waals surface area contributed by atoms with E-state index >= 15 is 0 Å². The Morgan fingerprint density at radius 2 is 1.88 bits per heavy atom. The van der Waals surface area contributed by atoms with Crippen molar-refractivity contribution in [2.24, 2.45) is 4.99 Å². The second-order valence-corrected chi connectivity index (χ2v) is 11.3. The second kappa shape index (κ2) is 13.2. The van der Waals surface area contributed by atoms with Gasteiger partial charge in [-0.3, -0.25) is 14.2 Å². The lowest BCUT2D eigenvalue weighted by Crippen LogP contribution is -2.40. The summed E-state index contributed by atoms with van der Waals surface area (Å²) in [5.41, 5.74) is 2.67. The number of halogens is 1. The Bertz CT molecular complexity index is 1900. The molecule has 1 aliphatic rings. The molecule has 3 aromatic carbocycles. The summed E-state index contributed by atoms with van der Waals surface area (Å²) in [7, 11) is 1.57. The van der Waals surface area contributed by atoms with Gasteiger partial charge in [-0.05, 0) is 83.4 Å². The highest BCUT2D eigenvalue weighted by Gasteiger charge is 2.32. The van der Waals surface area contributed by atoms with Gasteiger partial charge in [0.05, 0.1) is 40.0 Å². The summed E-state index contributed by atoms with van der Waals surface area (Å²) < 4.78 is 18.5. The van der Waals surface area contributed by atoms with E-state index in [1.54, 1.807) is 61.9 Å². The number of ether oxygens (including phenoxy) is 3. The van der Waals surface area contributed by atoms with Crippen molar-refractivity contribution in [1.82, 2.24) is 4.57 Å². The van der Waals surface area contributed by atoms with Crippen molar-refractivity contribution in [2.45, 2.75) is 19.9 Å². The molecule has 1 aromatic heterocycles.